The summed E-state index contributed by atoms with van der Waals surface area (Å²) in [5.74, 6) is -1.06. The van der Waals surface area contributed by atoms with Gasteiger partial charge in [0.05, 0.1) is 27.2 Å². The van der Waals surface area contributed by atoms with Gasteiger partial charge in [-0.25, -0.2) is 12.8 Å². The molecular weight excluding hydrogens is 477 g/mol. The second-order valence-corrected chi connectivity index (χ2v) is 10.8. The van der Waals surface area contributed by atoms with Crippen LogP contribution < -0.4 is 10.0 Å². The summed E-state index contributed by atoms with van der Waals surface area (Å²) >= 11 is 7.13. The molecule has 0 spiro atoms. The first kappa shape index (κ1) is 22.9. The Labute approximate surface area is 194 Å². The molecule has 2 aromatic carbocycles. The highest BCUT2D eigenvalue weighted by atomic mass is 35.5. The minimum Gasteiger partial charge on any atom is -0.343 e. The summed E-state index contributed by atoms with van der Waals surface area (Å²) in [5.41, 5.74) is 0.487. The third kappa shape index (κ3) is 5.02. The fourth-order valence-electron chi connectivity index (χ4n) is 3.63. The topological polar surface area (TPSA) is 95.6 Å². The van der Waals surface area contributed by atoms with Crippen molar-refractivity contribution in [3.8, 4) is 0 Å². The van der Waals surface area contributed by atoms with Gasteiger partial charge in [0.2, 0.25) is 11.8 Å². The number of hydrogen-bond donors (Lipinski definition) is 2. The van der Waals surface area contributed by atoms with Crippen molar-refractivity contribution in [2.75, 3.05) is 28.9 Å². The molecule has 2 aliphatic heterocycles. The minimum atomic E-state index is -4.00. The van der Waals surface area contributed by atoms with Crippen molar-refractivity contribution in [1.82, 2.24) is 4.90 Å². The molecule has 0 bridgehead atoms. The zero-order valence-corrected chi connectivity index (χ0v) is 19.3. The molecule has 2 amide bonds. The highest BCUT2D eigenvalue weighted by Gasteiger charge is 2.30. The number of sulfonamides is 1. The zero-order chi connectivity index (χ0) is 22.9. The Bertz CT molecular complexity index is 1170. The summed E-state index contributed by atoms with van der Waals surface area (Å²) in [6, 6.07) is 7.94. The number of fused-ring (bicyclic) bond motifs is 1. The summed E-state index contributed by atoms with van der Waals surface area (Å²) in [7, 11) is -4.00. The molecule has 2 N–H and O–H groups in total. The SMILES string of the molecule is O=C1Nc2cc(S(=O)(=O)Nc3ccc(F)c(Cl)c3)ccc2SC[C@@H]1CC(=O)N1CCCC1. The molecule has 2 aliphatic rings. The highest BCUT2D eigenvalue weighted by Crippen LogP contribution is 2.35. The van der Waals surface area contributed by atoms with E-state index in [-0.39, 0.29) is 33.8 Å². The Morgan fingerprint density at radius 1 is 1.22 bits per heavy atom. The monoisotopic (exact) mass is 497 g/mol. The third-order valence-electron chi connectivity index (χ3n) is 5.38. The van der Waals surface area contributed by atoms with Crippen LogP contribution >= 0.6 is 23.4 Å². The number of nitrogens with one attached hydrogen (secondary N) is 2. The molecule has 1 atom stereocenters. The van der Waals surface area contributed by atoms with Gasteiger partial charge in [-0.1, -0.05) is 11.6 Å². The van der Waals surface area contributed by atoms with E-state index in [1.807, 2.05) is 0 Å². The average molecular weight is 498 g/mol. The van der Waals surface area contributed by atoms with Gasteiger partial charge < -0.3 is 10.2 Å². The lowest BCUT2D eigenvalue weighted by molar-refractivity contribution is -0.133. The van der Waals surface area contributed by atoms with Gasteiger partial charge in [0.15, 0.2) is 0 Å². The van der Waals surface area contributed by atoms with Gasteiger partial charge in [-0.2, -0.15) is 0 Å². The molecule has 0 unspecified atom stereocenters. The van der Waals surface area contributed by atoms with Crippen LogP contribution in [0.1, 0.15) is 19.3 Å². The van der Waals surface area contributed by atoms with Crippen LogP contribution in [0.25, 0.3) is 0 Å². The van der Waals surface area contributed by atoms with E-state index in [4.69, 9.17) is 11.6 Å². The Morgan fingerprint density at radius 2 is 1.97 bits per heavy atom. The van der Waals surface area contributed by atoms with Gasteiger partial charge in [0.1, 0.15) is 5.82 Å². The number of carbonyl (C=O) groups is 2. The summed E-state index contributed by atoms with van der Waals surface area (Å²) in [4.78, 5) is 27.6. The molecule has 170 valence electrons. The van der Waals surface area contributed by atoms with E-state index < -0.39 is 21.8 Å². The third-order valence-corrected chi connectivity index (χ3v) is 8.29. The number of likely N-dealkylation sites (tertiary alicyclic amines) is 1. The van der Waals surface area contributed by atoms with Crippen molar-refractivity contribution in [2.24, 2.45) is 5.92 Å². The lowest BCUT2D eigenvalue weighted by Crippen LogP contribution is -2.33. The normalized spacial score (nSPS) is 18.6. The molecule has 11 heteroatoms. The summed E-state index contributed by atoms with van der Waals surface area (Å²) in [6.45, 7) is 1.46. The lowest BCUT2D eigenvalue weighted by atomic mass is 10.1. The van der Waals surface area contributed by atoms with E-state index in [0.717, 1.165) is 36.9 Å². The molecule has 2 heterocycles. The predicted octanol–water partition coefficient (Wildman–Crippen LogP) is 3.95. The standard InChI is InChI=1S/C21H21ClFN3O4S2/c22-16-10-14(3-5-17(16)23)25-32(29,30)15-4-6-19-18(11-15)24-21(28)13(12-31-19)9-20(27)26-7-1-2-8-26/h3-6,10-11,13,25H,1-2,7-9,12H2,(H,24,28)/t13-/m0/s1. The Kier molecular flexibility index (Phi) is 6.64. The first-order valence-electron chi connectivity index (χ1n) is 10.1. The number of thioether (sulfide) groups is 1. The van der Waals surface area contributed by atoms with Crippen LogP contribution in [-0.4, -0.2) is 44.0 Å². The molecule has 32 heavy (non-hydrogen) atoms. The van der Waals surface area contributed by atoms with Crippen LogP contribution in [-0.2, 0) is 19.6 Å². The van der Waals surface area contributed by atoms with Crippen LogP contribution in [0.4, 0.5) is 15.8 Å². The number of amides is 2. The fraction of sp³-hybridized carbons (Fsp3) is 0.333. The highest BCUT2D eigenvalue weighted by molar-refractivity contribution is 7.99. The van der Waals surface area contributed by atoms with Gasteiger partial charge in [-0.05, 0) is 49.2 Å². The Morgan fingerprint density at radius 3 is 2.69 bits per heavy atom. The number of anilines is 2. The van der Waals surface area contributed by atoms with Crippen molar-refractivity contribution in [2.45, 2.75) is 29.1 Å². The van der Waals surface area contributed by atoms with Crippen LogP contribution in [0.2, 0.25) is 5.02 Å². The van der Waals surface area contributed by atoms with E-state index in [0.29, 0.717) is 11.4 Å². The summed E-state index contributed by atoms with van der Waals surface area (Å²) in [6.07, 6.45) is 2.10. The first-order chi connectivity index (χ1) is 15.2. The molecule has 1 saturated heterocycles. The largest absolute Gasteiger partial charge is 0.343 e. The van der Waals surface area contributed by atoms with Gasteiger partial charge in [-0.3, -0.25) is 14.3 Å². The van der Waals surface area contributed by atoms with E-state index in [9.17, 15) is 22.4 Å². The van der Waals surface area contributed by atoms with Crippen molar-refractivity contribution in [3.05, 3.63) is 47.2 Å². The molecule has 7 nitrogen and oxygen atoms in total. The van der Waals surface area contributed by atoms with Gasteiger partial charge >= 0.3 is 0 Å². The van der Waals surface area contributed by atoms with Gasteiger partial charge in [-0.15, -0.1) is 11.8 Å². The number of carbonyl (C=O) groups excluding carboxylic acids is 2. The van der Waals surface area contributed by atoms with Crippen LogP contribution in [0.3, 0.4) is 0 Å². The van der Waals surface area contributed by atoms with Crippen molar-refractivity contribution in [1.29, 1.82) is 0 Å². The molecule has 4 rings (SSSR count). The molecule has 2 aromatic rings. The number of benzene rings is 2. The maximum atomic E-state index is 13.3. The van der Waals surface area contributed by atoms with Crippen molar-refractivity contribution >= 4 is 56.6 Å². The van der Waals surface area contributed by atoms with E-state index in [2.05, 4.69) is 10.0 Å². The molecule has 0 aromatic heterocycles. The molecule has 0 aliphatic carbocycles. The summed E-state index contributed by atoms with van der Waals surface area (Å²) in [5, 5.41) is 2.56. The maximum Gasteiger partial charge on any atom is 0.261 e. The number of rotatable bonds is 5. The Balaban J connectivity index is 1.50. The minimum absolute atomic E-state index is 0.0281. The van der Waals surface area contributed by atoms with Crippen LogP contribution in [0.5, 0.6) is 0 Å². The van der Waals surface area contributed by atoms with Crippen LogP contribution in [0.15, 0.2) is 46.2 Å². The molecule has 0 saturated carbocycles. The van der Waals surface area contributed by atoms with Crippen LogP contribution in [0, 0.1) is 11.7 Å². The first-order valence-corrected chi connectivity index (χ1v) is 12.9. The summed E-state index contributed by atoms with van der Waals surface area (Å²) < 4.78 is 41.3. The van der Waals surface area contributed by atoms with Gasteiger partial charge in [0, 0.05) is 30.2 Å². The average Bonchev–Trinajstić information content (AvgIpc) is 3.24. The number of nitrogens with zero attached hydrogens (tertiary/aromatic N) is 1. The number of hydrogen-bond acceptors (Lipinski definition) is 5. The van der Waals surface area contributed by atoms with E-state index in [1.165, 1.54) is 36.0 Å². The second kappa shape index (κ2) is 9.29. The molecule has 0 radical (unpaired) electrons. The lowest BCUT2D eigenvalue weighted by Gasteiger charge is -2.18. The second-order valence-electron chi connectivity index (χ2n) is 7.68. The predicted molar refractivity (Wildman–Crippen MR) is 122 cm³/mol. The quantitative estimate of drug-likeness (QED) is 0.652. The smallest absolute Gasteiger partial charge is 0.261 e. The molecule has 1 fully saturated rings. The molecular formula is C21H21ClFN3O4S2. The zero-order valence-electron chi connectivity index (χ0n) is 16.9. The number of halogens is 2. The Hall–Kier alpha value is -2.30. The van der Waals surface area contributed by atoms with Crippen molar-refractivity contribution < 1.29 is 22.4 Å². The van der Waals surface area contributed by atoms with Crippen molar-refractivity contribution in [3.63, 3.8) is 0 Å². The fourth-order valence-corrected chi connectivity index (χ4v) is 5.97. The van der Waals surface area contributed by atoms with E-state index in [1.54, 1.807) is 11.0 Å². The maximum absolute atomic E-state index is 13.3. The van der Waals surface area contributed by atoms with E-state index >= 15 is 0 Å². The van der Waals surface area contributed by atoms with Gasteiger partial charge in [0.25, 0.3) is 10.0 Å².